The predicted octanol–water partition coefficient (Wildman–Crippen LogP) is 23.6. The van der Waals surface area contributed by atoms with Crippen LogP contribution in [0.5, 0.6) is 0 Å². The second-order valence-electron chi connectivity index (χ2n) is 28.5. The summed E-state index contributed by atoms with van der Waals surface area (Å²) in [7, 11) is 0. The highest BCUT2D eigenvalue weighted by atomic mass is 15.2. The molecule has 0 saturated carbocycles. The van der Waals surface area contributed by atoms with Crippen molar-refractivity contribution in [1.82, 2.24) is 34.5 Å². The zero-order valence-corrected chi connectivity index (χ0v) is 60.7. The summed E-state index contributed by atoms with van der Waals surface area (Å²) in [6, 6.07) is 143. The predicted molar refractivity (Wildman–Crippen MR) is 461 cm³/mol. The van der Waals surface area contributed by atoms with Crippen LogP contribution in [-0.2, 0) is 0 Å². The van der Waals surface area contributed by atoms with Gasteiger partial charge in [-0.2, -0.15) is 0 Å². The summed E-state index contributed by atoms with van der Waals surface area (Å²) < 4.78 is 2.38. The molecule has 16 aromatic carbocycles. The topological polar surface area (TPSA) is 88.8 Å². The Labute approximate surface area is 649 Å². The van der Waals surface area contributed by atoms with Crippen molar-refractivity contribution < 1.29 is 0 Å². The van der Waals surface area contributed by atoms with Crippen molar-refractivity contribution in [3.8, 4) is 130 Å². The van der Waals surface area contributed by atoms with Crippen LogP contribution in [0.1, 0.15) is 0 Å². The average molecular weight is 1430 g/mol. The summed E-state index contributed by atoms with van der Waals surface area (Å²) >= 11 is 0. The Morgan fingerprint density at radius 1 is 0.188 bits per heavy atom. The maximum Gasteiger partial charge on any atom is 0.252 e. The lowest BCUT2D eigenvalue weighted by molar-refractivity contribution is 1.06. The van der Waals surface area contributed by atoms with Crippen molar-refractivity contribution in [2.24, 2.45) is 0 Å². The summed E-state index contributed by atoms with van der Waals surface area (Å²) in [4.78, 5) is 37.0. The molecule has 0 saturated heterocycles. The second-order valence-corrected chi connectivity index (χ2v) is 28.5. The largest absolute Gasteiger partial charge is 0.311 e. The quantitative estimate of drug-likeness (QED) is 0.0995. The van der Waals surface area contributed by atoms with E-state index in [-0.39, 0.29) is 6.71 Å². The lowest BCUT2D eigenvalue weighted by Crippen LogP contribution is -2.61. The first-order chi connectivity index (χ1) is 55.5. The summed E-state index contributed by atoms with van der Waals surface area (Å²) in [6.07, 6.45) is 0. The van der Waals surface area contributed by atoms with Crippen LogP contribution < -0.4 is 26.2 Å². The number of rotatable bonds is 14. The van der Waals surface area contributed by atoms with Crippen molar-refractivity contribution in [3.05, 3.63) is 400 Å². The van der Waals surface area contributed by atoms with Gasteiger partial charge in [0.15, 0.2) is 34.9 Å². The minimum absolute atomic E-state index is 0.123. The van der Waals surface area contributed by atoms with Gasteiger partial charge in [0.2, 0.25) is 0 Å². The Morgan fingerprint density at radius 3 is 0.929 bits per heavy atom. The van der Waals surface area contributed by atoms with E-state index in [1.807, 2.05) is 121 Å². The van der Waals surface area contributed by atoms with Crippen molar-refractivity contribution >= 4 is 79.0 Å². The minimum atomic E-state index is -0.123. The van der Waals surface area contributed by atoms with Crippen LogP contribution in [0, 0.1) is 0 Å². The third-order valence-electron chi connectivity index (χ3n) is 21.8. The van der Waals surface area contributed by atoms with E-state index in [2.05, 4.69) is 293 Å². The van der Waals surface area contributed by atoms with Crippen LogP contribution >= 0.6 is 0 Å². The van der Waals surface area contributed by atoms with E-state index >= 15 is 0 Å². The van der Waals surface area contributed by atoms with E-state index in [9.17, 15) is 0 Å². The molecule has 0 bridgehead atoms. The van der Waals surface area contributed by atoms with Crippen molar-refractivity contribution in [2.75, 3.05) is 9.80 Å². The number of para-hydroxylation sites is 3. The number of benzene rings is 16. The number of aromatic nitrogens is 7. The van der Waals surface area contributed by atoms with Gasteiger partial charge in [0.05, 0.1) is 11.0 Å². The highest BCUT2D eigenvalue weighted by molar-refractivity contribution is 7.00. The monoisotopic (exact) mass is 1430 g/mol. The molecule has 2 aliphatic heterocycles. The SMILES string of the molecule is c1ccc(-c2cc(-c3ccccc3)cc(N3c4ccccc4B4c5ccccc5N(c5cc(-c6ccccc6)cc(-c6ccccc6)c5)c5cc(-c6ccc7c(c6)c6ccccc6n7-c6ccc(-c7nc(-c8ccccc8)nc(-c8ccccc8)n7)c(-c7nc(-c8ccccc8)nc(-c8ccccc8)n7)c6)cc3c54)c2)cc1. The molecule has 0 atom stereocenters. The minimum Gasteiger partial charge on any atom is -0.311 e. The van der Waals surface area contributed by atoms with Crippen LogP contribution in [-0.4, -0.2) is 41.2 Å². The number of anilines is 6. The standard InChI is InChI=1S/C102H66BN9/c1-9-31-67(32-10-1)76-57-77(68-33-11-2-12-34-68)60-82(59-76)111-92-51-29-26-48-88(92)103-89-49-27-30-52-93(89)112(83-61-78(69-35-13-3-14-36-69)58-79(62-83)70-37-15-4-16-38-70)95-65-80(64-94(111)96(95)103)75-53-56-91-86(63-75)84-47-25-28-50-90(84)110(91)81-54-55-85(101-106-97(71-39-17-5-18-40-71)104-98(107-101)72-41-19-6-20-42-72)87(66-81)102-108-99(73-43-21-7-22-44-73)105-100(109-102)74-45-23-8-24-46-74/h1-66H. The molecule has 0 unspecified atom stereocenters. The third kappa shape index (κ3) is 11.7. The molecule has 112 heavy (non-hydrogen) atoms. The maximum atomic E-state index is 5.43. The molecule has 0 aliphatic carbocycles. The summed E-state index contributed by atoms with van der Waals surface area (Å²) in [6.45, 7) is -0.123. The molecular weight excluding hydrogens is 1360 g/mol. The first-order valence-electron chi connectivity index (χ1n) is 37.9. The highest BCUT2D eigenvalue weighted by Crippen LogP contribution is 2.50. The third-order valence-corrected chi connectivity index (χ3v) is 21.8. The van der Waals surface area contributed by atoms with Gasteiger partial charge < -0.3 is 14.4 Å². The molecule has 0 radical (unpaired) electrons. The molecule has 10 heteroatoms. The van der Waals surface area contributed by atoms with Gasteiger partial charge in [0.1, 0.15) is 0 Å². The van der Waals surface area contributed by atoms with E-state index < -0.39 is 0 Å². The molecule has 21 rings (SSSR count). The Morgan fingerprint density at radius 2 is 0.518 bits per heavy atom. The van der Waals surface area contributed by atoms with Crippen molar-refractivity contribution in [1.29, 1.82) is 0 Å². The van der Waals surface area contributed by atoms with Gasteiger partial charge in [0.25, 0.3) is 6.71 Å². The van der Waals surface area contributed by atoms with Gasteiger partial charge in [-0.25, -0.2) is 29.9 Å². The number of nitrogens with zero attached hydrogens (tertiary/aromatic N) is 9. The van der Waals surface area contributed by atoms with E-state index in [1.165, 1.54) is 16.4 Å². The first kappa shape index (κ1) is 65.3. The zero-order valence-electron chi connectivity index (χ0n) is 60.7. The molecule has 0 fully saturated rings. The van der Waals surface area contributed by atoms with Crippen LogP contribution in [0.15, 0.2) is 400 Å². The highest BCUT2D eigenvalue weighted by Gasteiger charge is 2.44. The fourth-order valence-corrected chi connectivity index (χ4v) is 16.6. The zero-order chi connectivity index (χ0) is 74.0. The van der Waals surface area contributed by atoms with Gasteiger partial charge in [-0.3, -0.25) is 0 Å². The fourth-order valence-electron chi connectivity index (χ4n) is 16.6. The molecule has 0 spiro atoms. The average Bonchev–Trinajstić information content (AvgIpc) is 0.789. The molecule has 0 N–H and O–H groups in total. The molecule has 5 heterocycles. The van der Waals surface area contributed by atoms with Crippen molar-refractivity contribution in [2.45, 2.75) is 0 Å². The van der Waals surface area contributed by atoms with Crippen LogP contribution in [0.25, 0.3) is 151 Å². The molecule has 19 aromatic rings. The number of hydrogen-bond donors (Lipinski definition) is 0. The smallest absolute Gasteiger partial charge is 0.252 e. The molecule has 0 amide bonds. The van der Waals surface area contributed by atoms with Gasteiger partial charge in [-0.05, 0) is 169 Å². The van der Waals surface area contributed by atoms with Crippen LogP contribution in [0.3, 0.4) is 0 Å². The molecule has 522 valence electrons. The van der Waals surface area contributed by atoms with E-state index in [4.69, 9.17) is 29.9 Å². The second kappa shape index (κ2) is 27.7. The molecule has 3 aromatic heterocycles. The summed E-state index contributed by atoms with van der Waals surface area (Å²) in [5.74, 6) is 3.11. The Hall–Kier alpha value is -15.0. The van der Waals surface area contributed by atoms with Crippen LogP contribution in [0.4, 0.5) is 34.1 Å². The molecule has 9 nitrogen and oxygen atoms in total. The van der Waals surface area contributed by atoms with E-state index in [0.29, 0.717) is 34.9 Å². The summed E-state index contributed by atoms with van der Waals surface area (Å²) in [5, 5.41) is 2.19. The van der Waals surface area contributed by atoms with Gasteiger partial charge in [0, 0.05) is 84.0 Å². The normalized spacial score (nSPS) is 12.1. The lowest BCUT2D eigenvalue weighted by atomic mass is 9.33. The Bertz CT molecular complexity index is 6380. The van der Waals surface area contributed by atoms with Gasteiger partial charge in [-0.15, -0.1) is 0 Å². The molecule has 2 aliphatic rings. The maximum absolute atomic E-state index is 5.43. The van der Waals surface area contributed by atoms with Crippen molar-refractivity contribution in [3.63, 3.8) is 0 Å². The number of fused-ring (bicyclic) bond motifs is 7. The van der Waals surface area contributed by atoms with Gasteiger partial charge >= 0.3 is 0 Å². The first-order valence-corrected chi connectivity index (χ1v) is 37.9. The summed E-state index contributed by atoms with van der Waals surface area (Å²) in [5.41, 5.74) is 29.4. The Balaban J connectivity index is 0.807. The van der Waals surface area contributed by atoms with Gasteiger partial charge in [-0.1, -0.05) is 303 Å². The Kier molecular flexibility index (Phi) is 16.1. The van der Waals surface area contributed by atoms with Crippen LogP contribution in [0.2, 0.25) is 0 Å². The lowest BCUT2D eigenvalue weighted by Gasteiger charge is -2.44. The number of hydrogen-bond acceptors (Lipinski definition) is 8. The molecular formula is C102H66BN9. The van der Waals surface area contributed by atoms with E-state index in [0.717, 1.165) is 151 Å². The van der Waals surface area contributed by atoms with E-state index in [1.54, 1.807) is 0 Å². The fraction of sp³-hybridized carbons (Fsp3) is 0.